The van der Waals surface area contributed by atoms with Crippen molar-refractivity contribution in [3.63, 3.8) is 0 Å². The van der Waals surface area contributed by atoms with Crippen LogP contribution in [0.5, 0.6) is 11.5 Å². The molecule has 0 unspecified atom stereocenters. The Balaban J connectivity index is 2.27. The molecule has 0 atom stereocenters. The summed E-state index contributed by atoms with van der Waals surface area (Å²) in [4.78, 5) is -0.484. The van der Waals surface area contributed by atoms with E-state index in [-0.39, 0.29) is 18.0 Å². The molecule has 0 aromatic heterocycles. The lowest BCUT2D eigenvalue weighted by atomic mass is 10.2. The number of hydrogen-bond donors (Lipinski definition) is 1. The molecule has 124 valence electrons. The monoisotopic (exact) mass is 339 g/mol. The number of aryl methyl sites for hydroxylation is 1. The van der Waals surface area contributed by atoms with Gasteiger partial charge in [0.15, 0.2) is 11.5 Å². The van der Waals surface area contributed by atoms with E-state index >= 15 is 0 Å². The normalized spacial score (nSPS) is 11.3. The van der Waals surface area contributed by atoms with E-state index in [1.807, 2.05) is 31.2 Å². The molecule has 0 saturated heterocycles. The summed E-state index contributed by atoms with van der Waals surface area (Å²) in [6, 6.07) is 9.46. The zero-order chi connectivity index (χ0) is 17.0. The van der Waals surface area contributed by atoms with Gasteiger partial charge in [-0.2, -0.15) is 0 Å². The van der Waals surface area contributed by atoms with Crippen molar-refractivity contribution in [3.05, 3.63) is 53.3 Å². The zero-order valence-electron chi connectivity index (χ0n) is 13.1. The smallest absolute Gasteiger partial charge is 0.243 e. The van der Waals surface area contributed by atoms with Gasteiger partial charge in [0.05, 0.1) is 14.2 Å². The van der Waals surface area contributed by atoms with Gasteiger partial charge in [0.2, 0.25) is 10.0 Å². The predicted molar refractivity (Wildman–Crippen MR) is 84.7 cm³/mol. The molecule has 5 nitrogen and oxygen atoms in total. The van der Waals surface area contributed by atoms with Crippen LogP contribution in [0.1, 0.15) is 11.1 Å². The van der Waals surface area contributed by atoms with Crippen LogP contribution in [0.25, 0.3) is 0 Å². The van der Waals surface area contributed by atoms with Crippen molar-refractivity contribution in [1.82, 2.24) is 4.72 Å². The molecule has 0 heterocycles. The van der Waals surface area contributed by atoms with Crippen molar-refractivity contribution in [3.8, 4) is 11.5 Å². The van der Waals surface area contributed by atoms with Gasteiger partial charge in [-0.15, -0.1) is 0 Å². The molecule has 0 aliphatic rings. The molecule has 0 radical (unpaired) electrons. The summed E-state index contributed by atoms with van der Waals surface area (Å²) in [5.74, 6) is -0.633. The number of benzene rings is 2. The lowest BCUT2D eigenvalue weighted by Crippen LogP contribution is -2.24. The summed E-state index contributed by atoms with van der Waals surface area (Å²) in [5.41, 5.74) is 1.85. The molecule has 2 rings (SSSR count). The van der Waals surface area contributed by atoms with E-state index in [0.29, 0.717) is 0 Å². The fraction of sp³-hybridized carbons (Fsp3) is 0.250. The quantitative estimate of drug-likeness (QED) is 0.879. The first-order chi connectivity index (χ1) is 10.9. The van der Waals surface area contributed by atoms with Crippen LogP contribution in [0.15, 0.2) is 41.3 Å². The zero-order valence-corrected chi connectivity index (χ0v) is 13.9. The van der Waals surface area contributed by atoms with Crippen LogP contribution in [0.4, 0.5) is 4.39 Å². The maximum Gasteiger partial charge on any atom is 0.243 e. The Morgan fingerprint density at radius 3 is 2.17 bits per heavy atom. The van der Waals surface area contributed by atoms with Crippen molar-refractivity contribution in [2.24, 2.45) is 0 Å². The molecule has 1 N–H and O–H groups in total. The Labute approximate surface area is 135 Å². The second kappa shape index (κ2) is 6.97. The van der Waals surface area contributed by atoms with Crippen LogP contribution in [0.2, 0.25) is 0 Å². The van der Waals surface area contributed by atoms with E-state index in [4.69, 9.17) is 9.47 Å². The predicted octanol–water partition coefficient (Wildman–Crippen LogP) is 2.63. The third kappa shape index (κ3) is 4.00. The highest BCUT2D eigenvalue weighted by Gasteiger charge is 2.22. The maximum atomic E-state index is 14.1. The highest BCUT2D eigenvalue weighted by molar-refractivity contribution is 7.89. The molecule has 0 bridgehead atoms. The summed E-state index contributed by atoms with van der Waals surface area (Å²) in [6.45, 7) is 2.00. The van der Waals surface area contributed by atoms with Crippen molar-refractivity contribution in [2.45, 2.75) is 18.4 Å². The fourth-order valence-electron chi connectivity index (χ4n) is 2.00. The third-order valence-corrected chi connectivity index (χ3v) is 4.73. The van der Waals surface area contributed by atoms with E-state index in [0.717, 1.165) is 23.3 Å². The standard InChI is InChI=1S/C16H18FNO4S/c1-11-4-6-12(7-5-11)10-18-23(19,20)16-9-15(22-3)14(21-2)8-13(16)17/h4-9,18H,10H2,1-3H3. The Hall–Kier alpha value is -2.12. The summed E-state index contributed by atoms with van der Waals surface area (Å²) in [7, 11) is -1.32. The van der Waals surface area contributed by atoms with Crippen LogP contribution in [0.3, 0.4) is 0 Å². The second-order valence-electron chi connectivity index (χ2n) is 4.95. The lowest BCUT2D eigenvalue weighted by Gasteiger charge is -2.12. The van der Waals surface area contributed by atoms with Crippen molar-refractivity contribution in [1.29, 1.82) is 0 Å². The molecular formula is C16H18FNO4S. The molecule has 2 aromatic carbocycles. The fourth-order valence-corrected chi connectivity index (χ4v) is 3.09. The van der Waals surface area contributed by atoms with Gasteiger partial charge in [-0.05, 0) is 12.5 Å². The molecule has 7 heteroatoms. The van der Waals surface area contributed by atoms with Crippen LogP contribution in [-0.2, 0) is 16.6 Å². The molecule has 2 aromatic rings. The van der Waals surface area contributed by atoms with Gasteiger partial charge < -0.3 is 9.47 Å². The number of sulfonamides is 1. The molecule has 0 aliphatic heterocycles. The molecule has 0 saturated carbocycles. The lowest BCUT2D eigenvalue weighted by molar-refractivity contribution is 0.350. The Kier molecular flexibility index (Phi) is 5.23. The molecule has 23 heavy (non-hydrogen) atoms. The minimum absolute atomic E-state index is 0.0659. The van der Waals surface area contributed by atoms with Crippen LogP contribution < -0.4 is 14.2 Å². The van der Waals surface area contributed by atoms with Gasteiger partial charge >= 0.3 is 0 Å². The maximum absolute atomic E-state index is 14.1. The number of ether oxygens (including phenoxy) is 2. The number of nitrogens with one attached hydrogen (secondary N) is 1. The molecule has 0 fully saturated rings. The Morgan fingerprint density at radius 2 is 1.61 bits per heavy atom. The highest BCUT2D eigenvalue weighted by Crippen LogP contribution is 2.31. The van der Waals surface area contributed by atoms with Crippen molar-refractivity contribution in [2.75, 3.05) is 14.2 Å². The number of hydrogen-bond acceptors (Lipinski definition) is 4. The van der Waals surface area contributed by atoms with Gasteiger partial charge in [-0.1, -0.05) is 29.8 Å². The largest absolute Gasteiger partial charge is 0.493 e. The van der Waals surface area contributed by atoms with Crippen LogP contribution in [0, 0.1) is 12.7 Å². The van der Waals surface area contributed by atoms with E-state index < -0.39 is 20.7 Å². The van der Waals surface area contributed by atoms with Crippen molar-refractivity contribution < 1.29 is 22.3 Å². The topological polar surface area (TPSA) is 64.6 Å². The summed E-state index contributed by atoms with van der Waals surface area (Å²) >= 11 is 0. The van der Waals surface area contributed by atoms with E-state index in [9.17, 15) is 12.8 Å². The average molecular weight is 339 g/mol. The van der Waals surface area contributed by atoms with E-state index in [2.05, 4.69) is 4.72 Å². The molecule has 0 aliphatic carbocycles. The van der Waals surface area contributed by atoms with Crippen molar-refractivity contribution >= 4 is 10.0 Å². The minimum atomic E-state index is -4.02. The van der Waals surface area contributed by atoms with E-state index in [1.165, 1.54) is 14.2 Å². The first-order valence-electron chi connectivity index (χ1n) is 6.84. The second-order valence-corrected chi connectivity index (χ2v) is 6.68. The summed E-state index contributed by atoms with van der Waals surface area (Å²) in [5, 5.41) is 0. The molecule has 0 amide bonds. The first-order valence-corrected chi connectivity index (χ1v) is 8.32. The SMILES string of the molecule is COc1cc(F)c(S(=O)(=O)NCc2ccc(C)cc2)cc1OC. The average Bonchev–Trinajstić information content (AvgIpc) is 2.53. The van der Waals surface area contributed by atoms with Gasteiger partial charge in [-0.3, -0.25) is 0 Å². The van der Waals surface area contributed by atoms with Crippen LogP contribution >= 0.6 is 0 Å². The number of halogens is 1. The Morgan fingerprint density at radius 1 is 1.04 bits per heavy atom. The van der Waals surface area contributed by atoms with Gasteiger partial charge in [-0.25, -0.2) is 17.5 Å². The Bertz CT molecular complexity index is 788. The minimum Gasteiger partial charge on any atom is -0.493 e. The first kappa shape index (κ1) is 17.2. The van der Waals surface area contributed by atoms with Gasteiger partial charge in [0, 0.05) is 18.7 Å². The summed E-state index contributed by atoms with van der Waals surface area (Å²) in [6.07, 6.45) is 0. The number of rotatable bonds is 6. The summed E-state index contributed by atoms with van der Waals surface area (Å²) < 4.78 is 51.0. The van der Waals surface area contributed by atoms with Gasteiger partial charge in [0.1, 0.15) is 10.7 Å². The highest BCUT2D eigenvalue weighted by atomic mass is 32.2. The molecule has 0 spiro atoms. The number of methoxy groups -OCH3 is 2. The van der Waals surface area contributed by atoms with Crippen LogP contribution in [-0.4, -0.2) is 22.6 Å². The molecular weight excluding hydrogens is 321 g/mol. The van der Waals surface area contributed by atoms with E-state index in [1.54, 1.807) is 0 Å². The van der Waals surface area contributed by atoms with Gasteiger partial charge in [0.25, 0.3) is 0 Å². The third-order valence-electron chi connectivity index (χ3n) is 3.31.